The van der Waals surface area contributed by atoms with Crippen LogP contribution in [0.5, 0.6) is 11.5 Å². The highest BCUT2D eigenvalue weighted by Crippen LogP contribution is 2.24. The normalized spacial score (nSPS) is 10.7. The lowest BCUT2D eigenvalue weighted by Crippen LogP contribution is -1.95. The predicted molar refractivity (Wildman–Crippen MR) is 77.1 cm³/mol. The summed E-state index contributed by atoms with van der Waals surface area (Å²) in [5.41, 5.74) is 0.648. The van der Waals surface area contributed by atoms with Gasteiger partial charge in [0.25, 0.3) is 0 Å². The monoisotopic (exact) mass is 303 g/mol. The third kappa shape index (κ3) is 3.49. The van der Waals surface area contributed by atoms with Crippen molar-refractivity contribution < 1.29 is 24.5 Å². The van der Waals surface area contributed by atoms with Crippen LogP contribution in [0.15, 0.2) is 36.4 Å². The zero-order valence-corrected chi connectivity index (χ0v) is 11.8. The summed E-state index contributed by atoms with van der Waals surface area (Å²) in [6.45, 7) is 0. The average Bonchev–Trinajstić information content (AvgIpc) is 2.96. The SMILES string of the molecule is COc1cc(/C=C/C(=O)c2ccc(C(=O)O)s2)ccc1[O-]. The molecule has 0 aliphatic heterocycles. The van der Waals surface area contributed by atoms with Crippen LogP contribution < -0.4 is 9.84 Å². The van der Waals surface area contributed by atoms with Gasteiger partial charge in [0.15, 0.2) is 5.78 Å². The van der Waals surface area contributed by atoms with Crippen molar-refractivity contribution in [2.45, 2.75) is 0 Å². The lowest BCUT2D eigenvalue weighted by molar-refractivity contribution is -0.270. The number of hydrogen-bond acceptors (Lipinski definition) is 5. The number of allylic oxidation sites excluding steroid dienone is 1. The first kappa shape index (κ1) is 14.8. The predicted octanol–water partition coefficient (Wildman–Crippen LogP) is 2.42. The van der Waals surface area contributed by atoms with E-state index in [0.717, 1.165) is 11.3 Å². The van der Waals surface area contributed by atoms with Gasteiger partial charge in [0.05, 0.1) is 12.0 Å². The van der Waals surface area contributed by atoms with Gasteiger partial charge < -0.3 is 14.9 Å². The molecular weight excluding hydrogens is 292 g/mol. The number of thiophene rings is 1. The summed E-state index contributed by atoms with van der Waals surface area (Å²) in [4.78, 5) is 23.1. The van der Waals surface area contributed by atoms with Gasteiger partial charge in [-0.05, 0) is 29.8 Å². The smallest absolute Gasteiger partial charge is 0.345 e. The van der Waals surface area contributed by atoms with E-state index < -0.39 is 5.97 Å². The molecule has 5 nitrogen and oxygen atoms in total. The number of benzene rings is 1. The average molecular weight is 303 g/mol. The molecular formula is C15H11O5S-. The topological polar surface area (TPSA) is 86.7 Å². The molecule has 21 heavy (non-hydrogen) atoms. The van der Waals surface area contributed by atoms with E-state index in [0.29, 0.717) is 10.4 Å². The fraction of sp³-hybridized carbons (Fsp3) is 0.0667. The van der Waals surface area contributed by atoms with Crippen molar-refractivity contribution in [3.63, 3.8) is 0 Å². The molecule has 0 aliphatic rings. The van der Waals surface area contributed by atoms with Crippen LogP contribution in [0.1, 0.15) is 24.9 Å². The summed E-state index contributed by atoms with van der Waals surface area (Å²) in [7, 11) is 1.40. The van der Waals surface area contributed by atoms with E-state index in [9.17, 15) is 14.7 Å². The van der Waals surface area contributed by atoms with E-state index in [1.165, 1.54) is 37.5 Å². The number of rotatable bonds is 5. The number of ether oxygens (including phenoxy) is 1. The Kier molecular flexibility index (Phi) is 4.39. The van der Waals surface area contributed by atoms with Crippen molar-refractivity contribution in [3.8, 4) is 11.5 Å². The number of carbonyl (C=O) groups is 2. The summed E-state index contributed by atoms with van der Waals surface area (Å²) in [6.07, 6.45) is 2.88. The van der Waals surface area contributed by atoms with Crippen molar-refractivity contribution in [2.75, 3.05) is 7.11 Å². The number of carboxylic acids is 1. The molecule has 0 bridgehead atoms. The molecule has 6 heteroatoms. The van der Waals surface area contributed by atoms with Gasteiger partial charge in [0, 0.05) is 0 Å². The molecule has 0 spiro atoms. The molecule has 0 unspecified atom stereocenters. The standard InChI is InChI=1S/C15H12O5S/c1-20-12-8-9(2-4-10(12)16)3-5-11(17)13-6-7-14(21-13)15(18)19/h2-8,16H,1H3,(H,18,19)/p-1/b5-3+. The first-order chi connectivity index (χ1) is 10.0. The molecule has 0 radical (unpaired) electrons. The maximum absolute atomic E-state index is 11.9. The number of hydrogen-bond donors (Lipinski definition) is 1. The van der Waals surface area contributed by atoms with Crippen molar-refractivity contribution >= 4 is 29.2 Å². The van der Waals surface area contributed by atoms with E-state index in [4.69, 9.17) is 9.84 Å². The molecule has 1 aromatic heterocycles. The maximum Gasteiger partial charge on any atom is 0.345 e. The first-order valence-electron chi connectivity index (χ1n) is 5.92. The van der Waals surface area contributed by atoms with E-state index in [-0.39, 0.29) is 22.2 Å². The Morgan fingerprint density at radius 2 is 1.95 bits per heavy atom. The Morgan fingerprint density at radius 1 is 1.24 bits per heavy atom. The molecule has 0 amide bonds. The molecule has 0 aliphatic carbocycles. The van der Waals surface area contributed by atoms with Crippen LogP contribution in [0.3, 0.4) is 0 Å². The zero-order valence-electron chi connectivity index (χ0n) is 11.0. The van der Waals surface area contributed by atoms with Crippen LogP contribution >= 0.6 is 11.3 Å². The molecule has 0 saturated heterocycles. The van der Waals surface area contributed by atoms with Crippen LogP contribution in [0.4, 0.5) is 0 Å². The largest absolute Gasteiger partial charge is 0.870 e. The quantitative estimate of drug-likeness (QED) is 0.677. The second kappa shape index (κ2) is 6.23. The molecule has 1 N–H and O–H groups in total. The Bertz CT molecular complexity index is 715. The number of carbonyl (C=O) groups excluding carboxylic acids is 1. The van der Waals surface area contributed by atoms with Crippen molar-refractivity contribution in [1.29, 1.82) is 0 Å². The summed E-state index contributed by atoms with van der Waals surface area (Å²) in [6, 6.07) is 7.33. The van der Waals surface area contributed by atoms with Crippen molar-refractivity contribution in [3.05, 3.63) is 51.7 Å². The van der Waals surface area contributed by atoms with Crippen LogP contribution in [0, 0.1) is 0 Å². The Labute approximate surface area is 124 Å². The fourth-order valence-electron chi connectivity index (χ4n) is 1.63. The van der Waals surface area contributed by atoms with Gasteiger partial charge in [-0.3, -0.25) is 4.79 Å². The summed E-state index contributed by atoms with van der Waals surface area (Å²) in [5.74, 6) is -1.38. The Balaban J connectivity index is 2.16. The van der Waals surface area contributed by atoms with E-state index in [2.05, 4.69) is 0 Å². The van der Waals surface area contributed by atoms with Crippen molar-refractivity contribution in [1.82, 2.24) is 0 Å². The third-order valence-corrected chi connectivity index (χ3v) is 3.76. The van der Waals surface area contributed by atoms with Crippen LogP contribution in [0.2, 0.25) is 0 Å². The van der Waals surface area contributed by atoms with Crippen molar-refractivity contribution in [2.24, 2.45) is 0 Å². The zero-order chi connectivity index (χ0) is 15.4. The highest BCUT2D eigenvalue weighted by molar-refractivity contribution is 7.16. The fourth-order valence-corrected chi connectivity index (χ4v) is 2.39. The minimum Gasteiger partial charge on any atom is -0.870 e. The molecule has 2 rings (SSSR count). The van der Waals surface area contributed by atoms with Gasteiger partial charge in [-0.1, -0.05) is 24.0 Å². The summed E-state index contributed by atoms with van der Waals surface area (Å²) >= 11 is 0.919. The Morgan fingerprint density at radius 3 is 2.57 bits per heavy atom. The highest BCUT2D eigenvalue weighted by atomic mass is 32.1. The van der Waals surface area contributed by atoms with Gasteiger partial charge in [-0.2, -0.15) is 0 Å². The molecule has 0 fully saturated rings. The van der Waals surface area contributed by atoms with Gasteiger partial charge in [-0.15, -0.1) is 11.3 Å². The number of carboxylic acid groups (broad SMARTS) is 1. The van der Waals surface area contributed by atoms with Gasteiger partial charge in [-0.25, -0.2) is 4.79 Å². The maximum atomic E-state index is 11.9. The van der Waals surface area contributed by atoms with Gasteiger partial charge in [0.2, 0.25) is 0 Å². The minimum absolute atomic E-state index is 0.115. The Hall–Kier alpha value is -2.60. The second-order valence-corrected chi connectivity index (χ2v) is 5.16. The van der Waals surface area contributed by atoms with Crippen LogP contribution in [-0.4, -0.2) is 24.0 Å². The molecule has 1 heterocycles. The summed E-state index contributed by atoms with van der Waals surface area (Å²) < 4.78 is 4.91. The van der Waals surface area contributed by atoms with Gasteiger partial charge >= 0.3 is 5.97 Å². The number of aromatic carboxylic acids is 1. The third-order valence-electron chi connectivity index (χ3n) is 2.67. The lowest BCUT2D eigenvalue weighted by Gasteiger charge is -2.11. The lowest BCUT2D eigenvalue weighted by atomic mass is 10.1. The van der Waals surface area contributed by atoms with Gasteiger partial charge in [0.1, 0.15) is 10.6 Å². The second-order valence-electron chi connectivity index (χ2n) is 4.08. The number of ketones is 1. The first-order valence-corrected chi connectivity index (χ1v) is 6.73. The minimum atomic E-state index is -1.06. The highest BCUT2D eigenvalue weighted by Gasteiger charge is 2.10. The van der Waals surface area contributed by atoms with E-state index in [1.54, 1.807) is 12.1 Å². The van der Waals surface area contributed by atoms with Crippen LogP contribution in [-0.2, 0) is 0 Å². The molecule has 1 aromatic carbocycles. The molecule has 108 valence electrons. The van der Waals surface area contributed by atoms with E-state index >= 15 is 0 Å². The number of methoxy groups -OCH3 is 1. The molecule has 0 saturated carbocycles. The summed E-state index contributed by atoms with van der Waals surface area (Å²) in [5, 5.41) is 20.2. The van der Waals surface area contributed by atoms with E-state index in [1.807, 2.05) is 0 Å². The molecule has 0 atom stereocenters. The van der Waals surface area contributed by atoms with Crippen LogP contribution in [0.25, 0.3) is 6.08 Å². The molecule has 2 aromatic rings.